The number of ether oxygens (including phenoxy) is 2. The third-order valence-electron chi connectivity index (χ3n) is 5.28. The Morgan fingerprint density at radius 1 is 1.09 bits per heavy atom. The van der Waals surface area contributed by atoms with Crippen LogP contribution in [0.2, 0.25) is 0 Å². The van der Waals surface area contributed by atoms with Crippen LogP contribution in [0, 0.1) is 0 Å². The third-order valence-corrected chi connectivity index (χ3v) is 5.28. The summed E-state index contributed by atoms with van der Waals surface area (Å²) >= 11 is 0. The number of hydrogen-bond acceptors (Lipinski definition) is 4. The second kappa shape index (κ2) is 12.0. The number of nitrogens with one attached hydrogen (secondary N) is 2. The average Bonchev–Trinajstić information content (AvgIpc) is 3.24. The van der Waals surface area contributed by atoms with Gasteiger partial charge in [-0.15, -0.1) is 0 Å². The fourth-order valence-electron chi connectivity index (χ4n) is 3.62. The van der Waals surface area contributed by atoms with Gasteiger partial charge in [0.1, 0.15) is 17.6 Å². The highest BCUT2D eigenvalue weighted by Crippen LogP contribution is 2.23. The molecule has 0 radical (unpaired) electrons. The number of aliphatic imine (C=N–C) groups is 1. The van der Waals surface area contributed by atoms with Gasteiger partial charge in [-0.3, -0.25) is 4.79 Å². The van der Waals surface area contributed by atoms with E-state index in [0.717, 1.165) is 43.5 Å². The quantitative estimate of drug-likeness (QED) is 0.338. The minimum Gasteiger partial charge on any atom is -0.497 e. The third kappa shape index (κ3) is 6.90. The van der Waals surface area contributed by atoms with Crippen LogP contribution in [0.1, 0.15) is 37.8 Å². The summed E-state index contributed by atoms with van der Waals surface area (Å²) in [5.41, 5.74) is 2.51. The number of carbonyl (C=O) groups is 1. The molecule has 1 aliphatic rings. The van der Waals surface area contributed by atoms with Gasteiger partial charge in [-0.25, -0.2) is 4.99 Å². The molecule has 2 aromatic rings. The van der Waals surface area contributed by atoms with Crippen molar-refractivity contribution >= 4 is 11.9 Å². The monoisotopic (exact) mass is 438 g/mol. The van der Waals surface area contributed by atoms with Gasteiger partial charge in [0, 0.05) is 38.7 Å². The van der Waals surface area contributed by atoms with Gasteiger partial charge in [0.15, 0.2) is 5.96 Å². The number of methoxy groups -OCH3 is 1. The van der Waals surface area contributed by atoms with Crippen LogP contribution >= 0.6 is 0 Å². The maximum absolute atomic E-state index is 12.5. The van der Waals surface area contributed by atoms with Gasteiger partial charge in [0.2, 0.25) is 5.91 Å². The van der Waals surface area contributed by atoms with E-state index in [4.69, 9.17) is 9.47 Å². The number of benzene rings is 2. The number of rotatable bonds is 10. The molecular weight excluding hydrogens is 404 g/mol. The first-order valence-electron chi connectivity index (χ1n) is 11.3. The Morgan fingerprint density at radius 3 is 2.50 bits per heavy atom. The highest BCUT2D eigenvalue weighted by atomic mass is 16.5. The Morgan fingerprint density at radius 2 is 1.81 bits per heavy atom. The molecule has 1 unspecified atom stereocenters. The molecule has 0 aromatic heterocycles. The molecule has 7 nitrogen and oxygen atoms in total. The van der Waals surface area contributed by atoms with Crippen molar-refractivity contribution in [3.8, 4) is 11.5 Å². The van der Waals surface area contributed by atoms with Crippen molar-refractivity contribution in [2.75, 3.05) is 26.7 Å². The van der Waals surface area contributed by atoms with Crippen LogP contribution in [-0.4, -0.2) is 49.6 Å². The van der Waals surface area contributed by atoms with Crippen LogP contribution in [0.25, 0.3) is 0 Å². The number of fused-ring (bicyclic) bond motifs is 1. The van der Waals surface area contributed by atoms with Gasteiger partial charge in [-0.05, 0) is 43.5 Å². The van der Waals surface area contributed by atoms with Crippen molar-refractivity contribution in [3.63, 3.8) is 0 Å². The zero-order valence-electron chi connectivity index (χ0n) is 19.3. The van der Waals surface area contributed by atoms with Crippen molar-refractivity contribution in [1.82, 2.24) is 15.5 Å². The lowest BCUT2D eigenvalue weighted by atomic mass is 10.1. The lowest BCUT2D eigenvalue weighted by Crippen LogP contribution is -2.39. The maximum atomic E-state index is 12.5. The van der Waals surface area contributed by atoms with Gasteiger partial charge in [-0.2, -0.15) is 0 Å². The molecular formula is C25H34N4O3. The van der Waals surface area contributed by atoms with Gasteiger partial charge in [0.05, 0.1) is 13.7 Å². The summed E-state index contributed by atoms with van der Waals surface area (Å²) in [7, 11) is 1.64. The highest BCUT2D eigenvalue weighted by Gasteiger charge is 2.22. The van der Waals surface area contributed by atoms with Crippen molar-refractivity contribution in [2.45, 2.75) is 45.9 Å². The summed E-state index contributed by atoms with van der Waals surface area (Å²) in [6, 6.07) is 15.8. The molecule has 1 atom stereocenters. The molecule has 1 aliphatic heterocycles. The molecule has 3 rings (SSSR count). The summed E-state index contributed by atoms with van der Waals surface area (Å²) in [6.07, 6.45) is 1.19. The van der Waals surface area contributed by atoms with E-state index < -0.39 is 0 Å². The minimum atomic E-state index is -0.0871. The number of carbonyl (C=O) groups excluding carboxylic acids is 1. The van der Waals surface area contributed by atoms with E-state index in [2.05, 4.69) is 27.8 Å². The Labute approximate surface area is 190 Å². The Bertz CT molecular complexity index is 891. The van der Waals surface area contributed by atoms with E-state index in [0.29, 0.717) is 19.5 Å². The molecule has 1 amide bonds. The molecule has 172 valence electrons. The molecule has 0 saturated heterocycles. The normalized spacial score (nSPS) is 14.0. The SMILES string of the molecule is CCNC(=NCC(C)Oc1cccc(OC)c1)NCCCC(=O)N1Cc2ccccc2C1. The molecule has 0 saturated carbocycles. The first-order chi connectivity index (χ1) is 15.6. The summed E-state index contributed by atoms with van der Waals surface area (Å²) in [4.78, 5) is 19.1. The molecule has 2 N–H and O–H groups in total. The van der Waals surface area contributed by atoms with Crippen LogP contribution in [0.15, 0.2) is 53.5 Å². The van der Waals surface area contributed by atoms with Crippen molar-refractivity contribution in [2.24, 2.45) is 4.99 Å². The molecule has 32 heavy (non-hydrogen) atoms. The van der Waals surface area contributed by atoms with E-state index >= 15 is 0 Å². The molecule has 7 heteroatoms. The number of amides is 1. The fraction of sp³-hybridized carbons (Fsp3) is 0.440. The topological polar surface area (TPSA) is 75.2 Å². The van der Waals surface area contributed by atoms with Crippen LogP contribution < -0.4 is 20.1 Å². The summed E-state index contributed by atoms with van der Waals surface area (Å²) in [5, 5.41) is 6.56. The predicted molar refractivity (Wildman–Crippen MR) is 127 cm³/mol. The minimum absolute atomic E-state index is 0.0871. The standard InChI is InChI=1S/C25H34N4O3/c1-4-26-25(28-16-19(2)32-23-12-7-11-22(15-23)31-3)27-14-8-13-24(30)29-17-20-9-5-6-10-21(20)18-29/h5-7,9-12,15,19H,4,8,13-14,16-18H2,1-3H3,(H2,26,27,28). The fourth-order valence-corrected chi connectivity index (χ4v) is 3.62. The lowest BCUT2D eigenvalue weighted by Gasteiger charge is -2.17. The summed E-state index contributed by atoms with van der Waals surface area (Å²) in [6.45, 7) is 7.42. The molecule has 0 bridgehead atoms. The van der Waals surface area contributed by atoms with Crippen LogP contribution in [0.3, 0.4) is 0 Å². The number of hydrogen-bond donors (Lipinski definition) is 2. The largest absolute Gasteiger partial charge is 0.497 e. The molecule has 2 aromatic carbocycles. The molecule has 0 fully saturated rings. The second-order valence-corrected chi connectivity index (χ2v) is 7.88. The summed E-state index contributed by atoms with van der Waals surface area (Å²) < 4.78 is 11.2. The first kappa shape index (κ1) is 23.4. The smallest absolute Gasteiger partial charge is 0.223 e. The Balaban J connectivity index is 1.39. The van der Waals surface area contributed by atoms with Crippen molar-refractivity contribution in [3.05, 3.63) is 59.7 Å². The summed E-state index contributed by atoms with van der Waals surface area (Å²) in [5.74, 6) is 2.45. The van der Waals surface area contributed by atoms with E-state index in [1.54, 1.807) is 7.11 Å². The van der Waals surface area contributed by atoms with Gasteiger partial charge in [-0.1, -0.05) is 30.3 Å². The predicted octanol–water partition coefficient (Wildman–Crippen LogP) is 3.34. The van der Waals surface area contributed by atoms with E-state index in [1.807, 2.05) is 55.1 Å². The zero-order chi connectivity index (χ0) is 22.8. The molecule has 0 spiro atoms. The van der Waals surface area contributed by atoms with Gasteiger partial charge < -0.3 is 25.0 Å². The second-order valence-electron chi connectivity index (χ2n) is 7.88. The van der Waals surface area contributed by atoms with E-state index in [1.165, 1.54) is 11.1 Å². The van der Waals surface area contributed by atoms with Crippen LogP contribution in [0.5, 0.6) is 11.5 Å². The van der Waals surface area contributed by atoms with Crippen LogP contribution in [-0.2, 0) is 17.9 Å². The lowest BCUT2D eigenvalue weighted by molar-refractivity contribution is -0.131. The average molecular weight is 439 g/mol. The Hall–Kier alpha value is -3.22. The van der Waals surface area contributed by atoms with E-state index in [9.17, 15) is 4.79 Å². The van der Waals surface area contributed by atoms with E-state index in [-0.39, 0.29) is 12.0 Å². The number of guanidine groups is 1. The molecule has 0 aliphatic carbocycles. The number of nitrogens with zero attached hydrogens (tertiary/aromatic N) is 2. The Kier molecular flexibility index (Phi) is 8.78. The van der Waals surface area contributed by atoms with Crippen LogP contribution in [0.4, 0.5) is 0 Å². The molecule has 1 heterocycles. The first-order valence-corrected chi connectivity index (χ1v) is 11.3. The van der Waals surface area contributed by atoms with Crippen molar-refractivity contribution < 1.29 is 14.3 Å². The zero-order valence-corrected chi connectivity index (χ0v) is 19.3. The van der Waals surface area contributed by atoms with Gasteiger partial charge in [0.25, 0.3) is 0 Å². The van der Waals surface area contributed by atoms with Gasteiger partial charge >= 0.3 is 0 Å². The maximum Gasteiger partial charge on any atom is 0.223 e. The van der Waals surface area contributed by atoms with Crippen molar-refractivity contribution in [1.29, 1.82) is 0 Å². The highest BCUT2D eigenvalue weighted by molar-refractivity contribution is 5.80.